The normalized spacial score (nSPS) is 9.81. The summed E-state index contributed by atoms with van der Waals surface area (Å²) in [5, 5.41) is 10.5. The van der Waals surface area contributed by atoms with Crippen LogP contribution in [0.3, 0.4) is 0 Å². The summed E-state index contributed by atoms with van der Waals surface area (Å²) in [5.74, 6) is -0.776. The largest absolute Gasteiger partial charge is 0.477 e. The number of hydrogen-bond donors (Lipinski definition) is 1. The highest BCUT2D eigenvalue weighted by atomic mass is 16.6. The van der Waals surface area contributed by atoms with Crippen LogP contribution >= 0.6 is 0 Å². The van der Waals surface area contributed by atoms with E-state index < -0.39 is 10.8 Å². The van der Waals surface area contributed by atoms with Crippen LogP contribution in [0.25, 0.3) is 0 Å². The molecule has 1 rings (SSSR count). The van der Waals surface area contributed by atoms with Crippen molar-refractivity contribution in [3.63, 3.8) is 0 Å². The van der Waals surface area contributed by atoms with Crippen molar-refractivity contribution in [2.24, 2.45) is 5.73 Å². The van der Waals surface area contributed by atoms with Gasteiger partial charge in [-0.05, 0) is 6.42 Å². The molecule has 0 aliphatic heterocycles. The molecule has 86 valence electrons. The topological polar surface area (TPSA) is 108 Å². The number of nitrogens with two attached hydrogens (primary N) is 1. The van der Waals surface area contributed by atoms with E-state index in [0.717, 1.165) is 18.7 Å². The molecule has 1 aromatic rings. The van der Waals surface area contributed by atoms with Gasteiger partial charge in [0.05, 0.1) is 11.5 Å². The van der Waals surface area contributed by atoms with Gasteiger partial charge >= 0.3 is 0 Å². The second kappa shape index (κ2) is 5.06. The van der Waals surface area contributed by atoms with Crippen molar-refractivity contribution in [1.29, 1.82) is 0 Å². The van der Waals surface area contributed by atoms with E-state index in [4.69, 9.17) is 10.5 Å². The molecular weight excluding hydrogens is 214 g/mol. The Kier molecular flexibility index (Phi) is 3.76. The summed E-state index contributed by atoms with van der Waals surface area (Å²) < 4.78 is 5.15. The third-order valence-electron chi connectivity index (χ3n) is 1.76. The maximum absolute atomic E-state index is 11.0. The van der Waals surface area contributed by atoms with E-state index in [1.807, 2.05) is 6.92 Å². The average Bonchev–Trinajstić information content (AvgIpc) is 2.25. The van der Waals surface area contributed by atoms with Crippen LogP contribution in [0.5, 0.6) is 5.88 Å². The lowest BCUT2D eigenvalue weighted by molar-refractivity contribution is -0.385. The molecule has 1 amide bonds. The molecule has 0 spiro atoms. The molecule has 7 heteroatoms. The Bertz CT molecular complexity index is 419. The van der Waals surface area contributed by atoms with E-state index in [9.17, 15) is 14.9 Å². The number of pyridine rings is 1. The Morgan fingerprint density at radius 2 is 2.38 bits per heavy atom. The highest BCUT2D eigenvalue weighted by molar-refractivity contribution is 5.95. The Morgan fingerprint density at radius 3 is 2.88 bits per heavy atom. The summed E-state index contributed by atoms with van der Waals surface area (Å²) in [6.07, 6.45) is 1.76. The summed E-state index contributed by atoms with van der Waals surface area (Å²) in [7, 11) is 0. The van der Waals surface area contributed by atoms with Crippen molar-refractivity contribution < 1.29 is 14.5 Å². The van der Waals surface area contributed by atoms with Crippen LogP contribution in [-0.4, -0.2) is 22.4 Å². The quantitative estimate of drug-likeness (QED) is 0.590. The molecule has 2 N–H and O–H groups in total. The van der Waals surface area contributed by atoms with Crippen LogP contribution in [0.1, 0.15) is 23.7 Å². The highest BCUT2D eigenvalue weighted by Gasteiger charge is 2.16. The number of amides is 1. The zero-order chi connectivity index (χ0) is 12.1. The fraction of sp³-hybridized carbons (Fsp3) is 0.333. The lowest BCUT2D eigenvalue weighted by atomic mass is 10.2. The second-order valence-corrected chi connectivity index (χ2v) is 3.02. The molecule has 0 saturated carbocycles. The molecular formula is C9H11N3O4. The van der Waals surface area contributed by atoms with Gasteiger partial charge in [0.2, 0.25) is 5.88 Å². The van der Waals surface area contributed by atoms with E-state index in [1.54, 1.807) is 0 Å². The van der Waals surface area contributed by atoms with Gasteiger partial charge in [-0.25, -0.2) is 4.98 Å². The average molecular weight is 225 g/mol. The number of ether oxygens (including phenoxy) is 1. The van der Waals surface area contributed by atoms with Gasteiger partial charge in [0.25, 0.3) is 11.6 Å². The summed E-state index contributed by atoms with van der Waals surface area (Å²) in [6, 6.07) is 1.06. The first-order valence-electron chi connectivity index (χ1n) is 4.63. The molecule has 0 radical (unpaired) electrons. The second-order valence-electron chi connectivity index (χ2n) is 3.02. The number of aromatic nitrogens is 1. The standard InChI is InChI=1S/C9H11N3O4/c1-2-3-16-9-7(8(10)13)4-6(5-11-9)12(14)15/h4-5H,2-3H2,1H3,(H2,10,13). The lowest BCUT2D eigenvalue weighted by Gasteiger charge is -2.06. The minimum absolute atomic E-state index is 0.0277. The zero-order valence-corrected chi connectivity index (χ0v) is 8.67. The van der Waals surface area contributed by atoms with Gasteiger partial charge < -0.3 is 10.5 Å². The molecule has 0 bridgehead atoms. The van der Waals surface area contributed by atoms with Crippen LogP contribution in [0.15, 0.2) is 12.3 Å². The Labute approximate surface area is 91.4 Å². The van der Waals surface area contributed by atoms with Gasteiger partial charge in [-0.1, -0.05) is 6.92 Å². The number of nitro groups is 1. The minimum atomic E-state index is -0.803. The molecule has 1 heterocycles. The number of rotatable bonds is 5. The van der Waals surface area contributed by atoms with Crippen LogP contribution in [0, 0.1) is 10.1 Å². The SMILES string of the molecule is CCCOc1ncc([N+](=O)[O-])cc1C(N)=O. The number of carbonyl (C=O) groups excluding carboxylic acids is 1. The van der Waals surface area contributed by atoms with E-state index in [0.29, 0.717) is 6.61 Å². The van der Waals surface area contributed by atoms with Gasteiger partial charge in [-0.15, -0.1) is 0 Å². The molecule has 0 unspecified atom stereocenters. The van der Waals surface area contributed by atoms with E-state index >= 15 is 0 Å². The number of hydrogen-bond acceptors (Lipinski definition) is 5. The molecule has 0 aliphatic rings. The summed E-state index contributed by atoms with van der Waals surface area (Å²) in [5.41, 5.74) is 4.70. The highest BCUT2D eigenvalue weighted by Crippen LogP contribution is 2.20. The molecule has 7 nitrogen and oxygen atoms in total. The summed E-state index contributed by atoms with van der Waals surface area (Å²) in [6.45, 7) is 2.25. The first-order valence-corrected chi connectivity index (χ1v) is 4.63. The molecule has 0 fully saturated rings. The minimum Gasteiger partial charge on any atom is -0.477 e. The smallest absolute Gasteiger partial charge is 0.288 e. The van der Waals surface area contributed by atoms with E-state index in [-0.39, 0.29) is 17.1 Å². The molecule has 0 atom stereocenters. The maximum atomic E-state index is 11.0. The number of nitrogens with zero attached hydrogens (tertiary/aromatic N) is 2. The Morgan fingerprint density at radius 1 is 1.69 bits per heavy atom. The van der Waals surface area contributed by atoms with Crippen molar-refractivity contribution in [3.05, 3.63) is 27.9 Å². The van der Waals surface area contributed by atoms with Crippen molar-refractivity contribution >= 4 is 11.6 Å². The fourth-order valence-electron chi connectivity index (χ4n) is 1.03. The predicted octanol–water partition coefficient (Wildman–Crippen LogP) is 0.877. The molecule has 1 aromatic heterocycles. The zero-order valence-electron chi connectivity index (χ0n) is 8.67. The third-order valence-corrected chi connectivity index (χ3v) is 1.76. The molecule has 0 saturated heterocycles. The van der Waals surface area contributed by atoms with Crippen LogP contribution in [0.2, 0.25) is 0 Å². The monoisotopic (exact) mass is 225 g/mol. The van der Waals surface area contributed by atoms with Gasteiger partial charge in [0.1, 0.15) is 11.8 Å². The van der Waals surface area contributed by atoms with Crippen LogP contribution in [0.4, 0.5) is 5.69 Å². The summed E-state index contributed by atoms with van der Waals surface area (Å²) >= 11 is 0. The van der Waals surface area contributed by atoms with Crippen molar-refractivity contribution in [1.82, 2.24) is 4.98 Å². The first kappa shape index (κ1) is 11.9. The fourth-order valence-corrected chi connectivity index (χ4v) is 1.03. The van der Waals surface area contributed by atoms with Gasteiger partial charge in [-0.3, -0.25) is 14.9 Å². The number of primary amides is 1. The van der Waals surface area contributed by atoms with Crippen molar-refractivity contribution in [3.8, 4) is 5.88 Å². The molecule has 16 heavy (non-hydrogen) atoms. The van der Waals surface area contributed by atoms with E-state index in [2.05, 4.69) is 4.98 Å². The Hall–Kier alpha value is -2.18. The molecule has 0 aliphatic carbocycles. The van der Waals surface area contributed by atoms with E-state index in [1.165, 1.54) is 0 Å². The predicted molar refractivity (Wildman–Crippen MR) is 55.2 cm³/mol. The van der Waals surface area contributed by atoms with Gasteiger partial charge in [-0.2, -0.15) is 0 Å². The number of carbonyl (C=O) groups is 1. The van der Waals surface area contributed by atoms with Crippen LogP contribution < -0.4 is 10.5 Å². The van der Waals surface area contributed by atoms with Crippen LogP contribution in [-0.2, 0) is 0 Å². The maximum Gasteiger partial charge on any atom is 0.288 e. The van der Waals surface area contributed by atoms with Gasteiger partial charge in [0.15, 0.2) is 0 Å². The summed E-state index contributed by atoms with van der Waals surface area (Å²) in [4.78, 5) is 24.6. The van der Waals surface area contributed by atoms with Crippen molar-refractivity contribution in [2.75, 3.05) is 6.61 Å². The first-order chi connectivity index (χ1) is 7.56. The third kappa shape index (κ3) is 2.66. The Balaban J connectivity index is 3.09. The van der Waals surface area contributed by atoms with Crippen molar-refractivity contribution in [2.45, 2.75) is 13.3 Å². The van der Waals surface area contributed by atoms with Gasteiger partial charge in [0, 0.05) is 6.07 Å². The molecule has 0 aromatic carbocycles. The lowest BCUT2D eigenvalue weighted by Crippen LogP contribution is -2.14.